The molecular weight excluding hydrogens is 216 g/mol. The van der Waals surface area contributed by atoms with Gasteiger partial charge < -0.3 is 15.6 Å². The van der Waals surface area contributed by atoms with E-state index >= 15 is 0 Å². The summed E-state index contributed by atoms with van der Waals surface area (Å²) in [5, 5.41) is 10.5. The number of nitrogens with zero attached hydrogens (tertiary/aromatic N) is 1. The van der Waals surface area contributed by atoms with Crippen LogP contribution in [0.5, 0.6) is 0 Å². The molecule has 0 radical (unpaired) electrons. The van der Waals surface area contributed by atoms with E-state index < -0.39 is 11.7 Å². The minimum absolute atomic E-state index is 0.394. The first-order valence-electron chi connectivity index (χ1n) is 6.22. The van der Waals surface area contributed by atoms with Crippen LogP contribution in [0.15, 0.2) is 18.3 Å². The van der Waals surface area contributed by atoms with Gasteiger partial charge in [-0.25, -0.2) is 4.98 Å². The second kappa shape index (κ2) is 5.02. The normalized spacial score (nSPS) is 20.4. The molecule has 0 spiro atoms. The summed E-state index contributed by atoms with van der Waals surface area (Å²) in [6.07, 6.45) is 4.91. The highest BCUT2D eigenvalue weighted by Gasteiger charge is 2.42. The SMILES string of the molecule is CCOC1(C(O)c2cccnc2N)CCCC1. The number of anilines is 1. The summed E-state index contributed by atoms with van der Waals surface area (Å²) in [4.78, 5) is 4.03. The summed E-state index contributed by atoms with van der Waals surface area (Å²) in [7, 11) is 0. The Balaban J connectivity index is 2.28. The van der Waals surface area contributed by atoms with Crippen molar-refractivity contribution < 1.29 is 9.84 Å². The van der Waals surface area contributed by atoms with Crippen molar-refractivity contribution in [3.8, 4) is 0 Å². The molecule has 94 valence electrons. The lowest BCUT2D eigenvalue weighted by molar-refractivity contribution is -0.118. The van der Waals surface area contributed by atoms with Gasteiger partial charge in [-0.05, 0) is 25.8 Å². The van der Waals surface area contributed by atoms with Crippen LogP contribution in [0.3, 0.4) is 0 Å². The molecule has 17 heavy (non-hydrogen) atoms. The summed E-state index contributed by atoms with van der Waals surface area (Å²) in [5.41, 5.74) is 6.03. The maximum atomic E-state index is 10.5. The molecule has 2 rings (SSSR count). The van der Waals surface area contributed by atoms with Crippen molar-refractivity contribution in [1.82, 2.24) is 4.98 Å². The van der Waals surface area contributed by atoms with Crippen LogP contribution in [-0.2, 0) is 4.74 Å². The lowest BCUT2D eigenvalue weighted by Crippen LogP contribution is -2.37. The third-order valence-electron chi connectivity index (χ3n) is 3.55. The van der Waals surface area contributed by atoms with Gasteiger partial charge in [-0.1, -0.05) is 18.9 Å². The number of aromatic nitrogens is 1. The highest BCUT2D eigenvalue weighted by atomic mass is 16.5. The zero-order valence-electron chi connectivity index (χ0n) is 10.2. The van der Waals surface area contributed by atoms with Gasteiger partial charge in [-0.2, -0.15) is 0 Å². The van der Waals surface area contributed by atoms with Crippen LogP contribution in [0.25, 0.3) is 0 Å². The van der Waals surface area contributed by atoms with E-state index in [4.69, 9.17) is 10.5 Å². The minimum atomic E-state index is -0.682. The third kappa shape index (κ3) is 2.28. The van der Waals surface area contributed by atoms with E-state index in [0.717, 1.165) is 25.7 Å². The number of aliphatic hydroxyl groups is 1. The fraction of sp³-hybridized carbons (Fsp3) is 0.615. The number of ether oxygens (including phenoxy) is 1. The quantitative estimate of drug-likeness (QED) is 0.839. The molecule has 1 unspecified atom stereocenters. The van der Waals surface area contributed by atoms with Crippen molar-refractivity contribution in [1.29, 1.82) is 0 Å². The van der Waals surface area contributed by atoms with Crippen molar-refractivity contribution >= 4 is 5.82 Å². The van der Waals surface area contributed by atoms with Crippen molar-refractivity contribution in [3.63, 3.8) is 0 Å². The van der Waals surface area contributed by atoms with Crippen LogP contribution in [0.2, 0.25) is 0 Å². The Morgan fingerprint density at radius 1 is 1.53 bits per heavy atom. The zero-order chi connectivity index (χ0) is 12.3. The standard InChI is InChI=1S/C13H20N2O2/c1-2-17-13(7-3-4-8-13)11(16)10-6-5-9-15-12(10)14/h5-6,9,11,16H,2-4,7-8H2,1H3,(H2,14,15). The molecule has 1 aliphatic carbocycles. The van der Waals surface area contributed by atoms with Gasteiger partial charge in [-0.3, -0.25) is 0 Å². The molecular formula is C13H20N2O2. The number of rotatable bonds is 4. The predicted molar refractivity (Wildman–Crippen MR) is 66.4 cm³/mol. The number of aliphatic hydroxyl groups excluding tert-OH is 1. The van der Waals surface area contributed by atoms with Crippen LogP contribution in [0, 0.1) is 0 Å². The van der Waals surface area contributed by atoms with Gasteiger partial charge in [0.05, 0.1) is 5.60 Å². The summed E-state index contributed by atoms with van der Waals surface area (Å²) in [5.74, 6) is 0.394. The summed E-state index contributed by atoms with van der Waals surface area (Å²) in [6, 6.07) is 3.62. The lowest BCUT2D eigenvalue weighted by Gasteiger charge is -2.34. The van der Waals surface area contributed by atoms with Crippen molar-refractivity contribution in [2.24, 2.45) is 0 Å². The van der Waals surface area contributed by atoms with E-state index in [2.05, 4.69) is 4.98 Å². The molecule has 1 atom stereocenters. The molecule has 0 bridgehead atoms. The molecule has 1 saturated carbocycles. The monoisotopic (exact) mass is 236 g/mol. The molecule has 4 heteroatoms. The van der Waals surface area contributed by atoms with E-state index in [1.165, 1.54) is 0 Å². The Kier molecular flexibility index (Phi) is 3.64. The van der Waals surface area contributed by atoms with Gasteiger partial charge in [-0.15, -0.1) is 0 Å². The number of pyridine rings is 1. The highest BCUT2D eigenvalue weighted by Crippen LogP contribution is 2.43. The second-order valence-electron chi connectivity index (χ2n) is 4.59. The number of hydrogen-bond donors (Lipinski definition) is 2. The van der Waals surface area contributed by atoms with E-state index in [0.29, 0.717) is 18.0 Å². The van der Waals surface area contributed by atoms with Crippen LogP contribution in [0.4, 0.5) is 5.82 Å². The molecule has 1 aromatic heterocycles. The van der Waals surface area contributed by atoms with Crippen molar-refractivity contribution in [2.45, 2.75) is 44.3 Å². The van der Waals surface area contributed by atoms with E-state index in [-0.39, 0.29) is 0 Å². The molecule has 0 amide bonds. The second-order valence-corrected chi connectivity index (χ2v) is 4.59. The molecule has 1 fully saturated rings. The van der Waals surface area contributed by atoms with Crippen LogP contribution in [-0.4, -0.2) is 22.3 Å². The molecule has 3 N–H and O–H groups in total. The summed E-state index contributed by atoms with van der Waals surface area (Å²) < 4.78 is 5.83. The van der Waals surface area contributed by atoms with Crippen LogP contribution in [0.1, 0.15) is 44.3 Å². The van der Waals surface area contributed by atoms with Crippen molar-refractivity contribution in [3.05, 3.63) is 23.9 Å². The van der Waals surface area contributed by atoms with Gasteiger partial charge in [0.15, 0.2) is 0 Å². The first-order valence-corrected chi connectivity index (χ1v) is 6.22. The number of nitrogen functional groups attached to an aromatic ring is 1. The Bertz CT molecular complexity index is 375. The molecule has 0 aromatic carbocycles. The van der Waals surface area contributed by atoms with Gasteiger partial charge in [0.1, 0.15) is 11.9 Å². The minimum Gasteiger partial charge on any atom is -0.385 e. The van der Waals surface area contributed by atoms with E-state index in [9.17, 15) is 5.11 Å². The third-order valence-corrected chi connectivity index (χ3v) is 3.55. The first kappa shape index (κ1) is 12.3. The lowest BCUT2D eigenvalue weighted by atomic mass is 9.89. The van der Waals surface area contributed by atoms with Gasteiger partial charge in [0.2, 0.25) is 0 Å². The zero-order valence-corrected chi connectivity index (χ0v) is 10.2. The Labute approximate surface area is 102 Å². The van der Waals surface area contributed by atoms with Gasteiger partial charge in [0.25, 0.3) is 0 Å². The first-order chi connectivity index (χ1) is 8.19. The molecule has 1 aliphatic rings. The van der Waals surface area contributed by atoms with Crippen LogP contribution < -0.4 is 5.73 Å². The van der Waals surface area contributed by atoms with Crippen molar-refractivity contribution in [2.75, 3.05) is 12.3 Å². The molecule has 0 aliphatic heterocycles. The Morgan fingerprint density at radius 2 is 2.24 bits per heavy atom. The molecule has 0 saturated heterocycles. The van der Waals surface area contributed by atoms with E-state index in [1.807, 2.05) is 13.0 Å². The number of hydrogen-bond acceptors (Lipinski definition) is 4. The van der Waals surface area contributed by atoms with Gasteiger partial charge >= 0.3 is 0 Å². The van der Waals surface area contributed by atoms with E-state index in [1.54, 1.807) is 12.3 Å². The Hall–Kier alpha value is -1.13. The molecule has 1 aromatic rings. The maximum absolute atomic E-state index is 10.5. The Morgan fingerprint density at radius 3 is 2.82 bits per heavy atom. The summed E-state index contributed by atoms with van der Waals surface area (Å²) >= 11 is 0. The predicted octanol–water partition coefficient (Wildman–Crippen LogP) is 2.05. The fourth-order valence-electron chi connectivity index (χ4n) is 2.70. The average Bonchev–Trinajstić information content (AvgIpc) is 2.79. The average molecular weight is 236 g/mol. The molecule has 4 nitrogen and oxygen atoms in total. The summed E-state index contributed by atoms with van der Waals surface area (Å²) in [6.45, 7) is 2.57. The largest absolute Gasteiger partial charge is 0.385 e. The topological polar surface area (TPSA) is 68.4 Å². The number of nitrogens with two attached hydrogens (primary N) is 1. The molecule has 1 heterocycles. The highest BCUT2D eigenvalue weighted by molar-refractivity contribution is 5.41. The maximum Gasteiger partial charge on any atom is 0.129 e. The van der Waals surface area contributed by atoms with Crippen LogP contribution >= 0.6 is 0 Å². The fourth-order valence-corrected chi connectivity index (χ4v) is 2.70. The van der Waals surface area contributed by atoms with Gasteiger partial charge in [0, 0.05) is 18.4 Å². The smallest absolute Gasteiger partial charge is 0.129 e.